The smallest absolute Gasteiger partial charge is 0.344 e. The van der Waals surface area contributed by atoms with Crippen LogP contribution in [0.15, 0.2) is 18.3 Å². The lowest BCUT2D eigenvalue weighted by atomic mass is 10.2. The van der Waals surface area contributed by atoms with Gasteiger partial charge in [0.25, 0.3) is 16.6 Å². The van der Waals surface area contributed by atoms with E-state index >= 15 is 0 Å². The van der Waals surface area contributed by atoms with Crippen LogP contribution in [0, 0.1) is 0 Å². The van der Waals surface area contributed by atoms with Crippen LogP contribution < -0.4 is 0 Å². The molecular formula is C19H33NO4Si2. The molecule has 0 spiro atoms. The van der Waals surface area contributed by atoms with Crippen LogP contribution in [-0.2, 0) is 8.85 Å². The number of carbonyl (C=O) groups excluding carboxylic acids is 2. The molecule has 0 aliphatic rings. The van der Waals surface area contributed by atoms with Gasteiger partial charge in [0.15, 0.2) is 5.69 Å². The predicted octanol–water partition coefficient (Wildman–Crippen LogP) is 5.41. The first-order valence-electron chi connectivity index (χ1n) is 8.91. The fraction of sp³-hybridized carbons (Fsp3) is 0.632. The summed E-state index contributed by atoms with van der Waals surface area (Å²) in [5.74, 6) is -1.06. The van der Waals surface area contributed by atoms with Crippen molar-refractivity contribution in [3.63, 3.8) is 0 Å². The second-order valence-corrected chi connectivity index (χ2v) is 19.1. The second kappa shape index (κ2) is 7.27. The molecule has 26 heavy (non-hydrogen) atoms. The first-order chi connectivity index (χ1) is 11.5. The summed E-state index contributed by atoms with van der Waals surface area (Å²) in [7, 11) is -4.62. The van der Waals surface area contributed by atoms with Crippen molar-refractivity contribution in [1.82, 2.24) is 4.98 Å². The van der Waals surface area contributed by atoms with E-state index in [0.717, 1.165) is 0 Å². The van der Waals surface area contributed by atoms with Crippen molar-refractivity contribution in [3.8, 4) is 0 Å². The fourth-order valence-corrected chi connectivity index (χ4v) is 3.35. The molecule has 0 aliphatic heterocycles. The van der Waals surface area contributed by atoms with Crippen molar-refractivity contribution in [1.29, 1.82) is 0 Å². The van der Waals surface area contributed by atoms with Gasteiger partial charge in [-0.1, -0.05) is 41.5 Å². The Hall–Kier alpha value is -1.48. The Morgan fingerprint density at radius 2 is 1.27 bits per heavy atom. The molecule has 0 bridgehead atoms. The standard InChI is InChI=1S/C19H33NO4Si2/c1-18(2,3)25(7,8)23-16(21)14-12-11-13-20-15(14)17(22)24-26(9,10)19(4,5)6/h11-13H,1-10H3. The van der Waals surface area contributed by atoms with Gasteiger partial charge in [-0.2, -0.15) is 0 Å². The van der Waals surface area contributed by atoms with Crippen molar-refractivity contribution >= 4 is 28.6 Å². The SMILES string of the molecule is CC(C)(C)[Si](C)(C)OC(=O)c1cccnc1C(=O)O[Si](C)(C)C(C)(C)C. The molecule has 0 saturated carbocycles. The summed E-state index contributed by atoms with van der Waals surface area (Å²) in [6.07, 6.45) is 1.49. The Bertz CT molecular complexity index is 627. The summed E-state index contributed by atoms with van der Waals surface area (Å²) in [5.41, 5.74) is 0.196. The highest BCUT2D eigenvalue weighted by atomic mass is 28.4. The summed E-state index contributed by atoms with van der Waals surface area (Å²) in [6, 6.07) is 3.20. The number of carbonyl (C=O) groups is 2. The van der Waals surface area contributed by atoms with Gasteiger partial charge < -0.3 is 8.85 Å². The van der Waals surface area contributed by atoms with Crippen LogP contribution in [0.25, 0.3) is 0 Å². The van der Waals surface area contributed by atoms with E-state index in [9.17, 15) is 9.59 Å². The van der Waals surface area contributed by atoms with E-state index in [0.29, 0.717) is 0 Å². The highest BCUT2D eigenvalue weighted by Gasteiger charge is 2.43. The molecule has 1 aromatic rings. The monoisotopic (exact) mass is 395 g/mol. The molecule has 1 rings (SSSR count). The van der Waals surface area contributed by atoms with Gasteiger partial charge in [0.1, 0.15) is 0 Å². The molecule has 146 valence electrons. The van der Waals surface area contributed by atoms with Crippen LogP contribution >= 0.6 is 0 Å². The minimum atomic E-state index is -2.32. The molecule has 0 aliphatic carbocycles. The lowest BCUT2D eigenvalue weighted by Gasteiger charge is -2.36. The van der Waals surface area contributed by atoms with Crippen LogP contribution in [-0.4, -0.2) is 33.6 Å². The molecule has 5 nitrogen and oxygen atoms in total. The number of nitrogens with zero attached hydrogens (tertiary/aromatic N) is 1. The molecule has 1 aromatic heterocycles. The van der Waals surface area contributed by atoms with Crippen molar-refractivity contribution in [2.75, 3.05) is 0 Å². The molecule has 0 atom stereocenters. The Morgan fingerprint density at radius 3 is 1.69 bits per heavy atom. The van der Waals surface area contributed by atoms with Crippen LogP contribution in [0.4, 0.5) is 0 Å². The van der Waals surface area contributed by atoms with E-state index in [1.165, 1.54) is 6.20 Å². The number of hydrogen-bond donors (Lipinski definition) is 0. The zero-order chi connectivity index (χ0) is 20.6. The third kappa shape index (κ3) is 5.04. The normalized spacial score (nSPS) is 13.3. The van der Waals surface area contributed by atoms with E-state index in [-0.39, 0.29) is 21.3 Å². The van der Waals surface area contributed by atoms with Crippen molar-refractivity contribution < 1.29 is 18.4 Å². The lowest BCUT2D eigenvalue weighted by molar-refractivity contribution is 0.0663. The van der Waals surface area contributed by atoms with Crippen LogP contribution in [0.2, 0.25) is 36.3 Å². The first kappa shape index (κ1) is 22.6. The summed E-state index contributed by atoms with van der Waals surface area (Å²) >= 11 is 0. The first-order valence-corrected chi connectivity index (χ1v) is 14.7. The minimum absolute atomic E-state index is 0.0287. The molecule has 1 heterocycles. The van der Waals surface area contributed by atoms with Gasteiger partial charge >= 0.3 is 11.9 Å². The average molecular weight is 396 g/mol. The minimum Gasteiger partial charge on any atom is -0.516 e. The Kier molecular flexibility index (Phi) is 6.31. The Morgan fingerprint density at radius 1 is 0.846 bits per heavy atom. The highest BCUT2D eigenvalue weighted by Crippen LogP contribution is 2.38. The molecule has 7 heteroatoms. The van der Waals surface area contributed by atoms with Gasteiger partial charge in [0.05, 0.1) is 5.56 Å². The molecule has 0 aromatic carbocycles. The van der Waals surface area contributed by atoms with E-state index in [4.69, 9.17) is 8.85 Å². The van der Waals surface area contributed by atoms with Crippen molar-refractivity contribution in [2.45, 2.75) is 77.8 Å². The molecule has 0 fully saturated rings. The van der Waals surface area contributed by atoms with Gasteiger partial charge in [-0.05, 0) is 48.4 Å². The number of pyridine rings is 1. The van der Waals surface area contributed by atoms with Crippen LogP contribution in [0.5, 0.6) is 0 Å². The van der Waals surface area contributed by atoms with Crippen molar-refractivity contribution in [2.24, 2.45) is 0 Å². The molecule has 0 N–H and O–H groups in total. The van der Waals surface area contributed by atoms with Crippen LogP contribution in [0.3, 0.4) is 0 Å². The summed E-state index contributed by atoms with van der Waals surface area (Å²) < 4.78 is 11.7. The lowest BCUT2D eigenvalue weighted by Crippen LogP contribution is -2.44. The molecule has 0 radical (unpaired) electrons. The molecule has 0 unspecified atom stereocenters. The van der Waals surface area contributed by atoms with Gasteiger partial charge in [-0.25, -0.2) is 14.6 Å². The summed E-state index contributed by atoms with van der Waals surface area (Å²) in [6.45, 7) is 20.3. The van der Waals surface area contributed by atoms with Gasteiger partial charge in [-0.3, -0.25) is 0 Å². The zero-order valence-electron chi connectivity index (χ0n) is 17.8. The second-order valence-electron chi connectivity index (χ2n) is 9.70. The van der Waals surface area contributed by atoms with Gasteiger partial charge in [-0.15, -0.1) is 0 Å². The number of rotatable bonds is 4. The maximum absolute atomic E-state index is 12.8. The quantitative estimate of drug-likeness (QED) is 0.638. The maximum Gasteiger partial charge on any atom is 0.344 e. The van der Waals surface area contributed by atoms with E-state index in [1.54, 1.807) is 12.1 Å². The molecular weight excluding hydrogens is 362 g/mol. The third-order valence-corrected chi connectivity index (χ3v) is 14.1. The van der Waals surface area contributed by atoms with Gasteiger partial charge in [0, 0.05) is 6.20 Å². The average Bonchev–Trinajstić information content (AvgIpc) is 2.43. The van der Waals surface area contributed by atoms with Gasteiger partial charge in [0.2, 0.25) is 0 Å². The topological polar surface area (TPSA) is 65.5 Å². The van der Waals surface area contributed by atoms with E-state index in [2.05, 4.69) is 46.5 Å². The molecule has 0 saturated heterocycles. The largest absolute Gasteiger partial charge is 0.516 e. The predicted molar refractivity (Wildman–Crippen MR) is 109 cm³/mol. The summed E-state index contributed by atoms with van der Waals surface area (Å²) in [5, 5.41) is -0.244. The fourth-order valence-electron chi connectivity index (χ4n) is 1.61. The summed E-state index contributed by atoms with van der Waals surface area (Å²) in [4.78, 5) is 29.6. The molecule has 0 amide bonds. The highest BCUT2D eigenvalue weighted by molar-refractivity contribution is 6.76. The zero-order valence-corrected chi connectivity index (χ0v) is 19.8. The van der Waals surface area contributed by atoms with Crippen LogP contribution in [0.1, 0.15) is 62.4 Å². The number of aromatic nitrogens is 1. The van der Waals surface area contributed by atoms with Crippen molar-refractivity contribution in [3.05, 3.63) is 29.6 Å². The van der Waals surface area contributed by atoms with E-state index in [1.807, 2.05) is 26.2 Å². The number of hydrogen-bond acceptors (Lipinski definition) is 5. The Labute approximate surface area is 159 Å². The third-order valence-electron chi connectivity index (χ3n) is 5.53. The maximum atomic E-state index is 12.8. The Balaban J connectivity index is 3.16. The van der Waals surface area contributed by atoms with E-state index < -0.39 is 28.6 Å².